The molecule has 0 aliphatic heterocycles. The second-order valence-electron chi connectivity index (χ2n) is 10.7. The lowest BCUT2D eigenvalue weighted by molar-refractivity contribution is -0.140. The zero-order chi connectivity index (χ0) is 33.7. The van der Waals surface area contributed by atoms with Crippen LogP contribution in [-0.4, -0.2) is 26.1 Å². The molecule has 1 N–H and O–H groups in total. The van der Waals surface area contributed by atoms with Gasteiger partial charge < -0.3 is 9.84 Å². The molecule has 0 fully saturated rings. The Balaban J connectivity index is 0.000000662. The molecule has 0 aromatic heterocycles. The Bertz CT molecular complexity index is 2250. The van der Waals surface area contributed by atoms with Crippen molar-refractivity contribution in [2.45, 2.75) is 25.7 Å². The predicted octanol–water partition coefficient (Wildman–Crippen LogP) is 10.6. The topological polar surface area (TPSA) is 80.7 Å². The molecule has 0 amide bonds. The number of esters is 1. The maximum absolute atomic E-state index is 14.7. The highest BCUT2D eigenvalue weighted by atomic mass is 127. The number of aromatic hydroxyl groups is 1. The third-order valence-corrected chi connectivity index (χ3v) is 11.2. The molecule has 6 aromatic carbocycles. The molecule has 6 aromatic rings. The molecule has 8 heteroatoms. The number of carbonyl (C=O) groups is 1. The Morgan fingerprint density at radius 1 is 0.787 bits per heavy atom. The molecule has 0 aliphatic carbocycles. The summed E-state index contributed by atoms with van der Waals surface area (Å²) in [5, 5.41) is 15.3. The van der Waals surface area contributed by atoms with Crippen LogP contribution in [0.4, 0.5) is 0 Å². The maximum Gasteiger partial charge on any atom is 0.302 e. The number of benzene rings is 6. The first-order valence-corrected chi connectivity index (χ1v) is 17.8. The molecule has 0 saturated carbocycles. The van der Waals surface area contributed by atoms with E-state index in [1.54, 1.807) is 49.4 Å². The first kappa shape index (κ1) is 34.2. The molecule has 0 aliphatic rings. The van der Waals surface area contributed by atoms with Crippen molar-refractivity contribution in [3.05, 3.63) is 143 Å². The van der Waals surface area contributed by atoms with Gasteiger partial charge in [0.1, 0.15) is 5.75 Å². The normalized spacial score (nSPS) is 11.9. The van der Waals surface area contributed by atoms with Gasteiger partial charge in [-0.05, 0) is 93.4 Å². The first-order chi connectivity index (χ1) is 22.6. The van der Waals surface area contributed by atoms with E-state index in [9.17, 15) is 18.3 Å². The lowest BCUT2D eigenvalue weighted by Gasteiger charge is -2.21. The first-order valence-electron chi connectivity index (χ1n) is 14.9. The van der Waals surface area contributed by atoms with Gasteiger partial charge in [0.15, 0.2) is 0 Å². The fraction of sp³-hybridized carbons (Fsp3) is 0.103. The minimum Gasteiger partial charge on any atom is -0.507 e. The summed E-state index contributed by atoms with van der Waals surface area (Å²) in [6.45, 7) is 5.67. The van der Waals surface area contributed by atoms with Crippen LogP contribution in [0.15, 0.2) is 126 Å². The standard InChI is InChI=1S/C35H24ClIO3S.C4H8O2/c1-22-21-24-12-6-8-16-27(24)33(31(22)28-17-9-10-18-29(28)36)34(37)35(41(39,40)25-13-3-2-4-14-25)32-26-15-7-5-11-23(26)19-20-30(32)38;1-3-6-4(2)5/h2-21,38H,1H3;3H2,1-2H3/b35-34+;. The van der Waals surface area contributed by atoms with Gasteiger partial charge in [-0.3, -0.25) is 4.79 Å². The molecule has 0 saturated heterocycles. The van der Waals surface area contributed by atoms with Crippen molar-refractivity contribution in [1.29, 1.82) is 0 Å². The predicted molar refractivity (Wildman–Crippen MR) is 202 cm³/mol. The number of sulfone groups is 1. The van der Waals surface area contributed by atoms with Gasteiger partial charge in [-0.15, -0.1) is 0 Å². The number of ether oxygens (including phenoxy) is 1. The molecular formula is C39H32ClIO5S. The number of hydrogen-bond donors (Lipinski definition) is 1. The maximum atomic E-state index is 14.7. The molecule has 47 heavy (non-hydrogen) atoms. The third-order valence-electron chi connectivity index (χ3n) is 7.61. The van der Waals surface area contributed by atoms with Gasteiger partial charge in [-0.1, -0.05) is 109 Å². The number of halogens is 2. The SMILES string of the molecule is CCOC(C)=O.Cc1cc2ccccc2c(/C(I)=C(/c2c(O)ccc3ccccc23)S(=O)(=O)c2ccccc2)c1-c1ccccc1Cl. The highest BCUT2D eigenvalue weighted by Crippen LogP contribution is 2.49. The molecule has 0 bridgehead atoms. The number of carbonyl (C=O) groups excluding carboxylic acids is 1. The van der Waals surface area contributed by atoms with Gasteiger partial charge in [-0.25, -0.2) is 8.42 Å². The number of phenols is 1. The Labute approximate surface area is 293 Å². The van der Waals surface area contributed by atoms with E-state index in [-0.39, 0.29) is 27.1 Å². The summed E-state index contributed by atoms with van der Waals surface area (Å²) in [7, 11) is -4.13. The number of hydrogen-bond acceptors (Lipinski definition) is 5. The van der Waals surface area contributed by atoms with Crippen LogP contribution in [-0.2, 0) is 19.4 Å². The van der Waals surface area contributed by atoms with Crippen LogP contribution in [0.3, 0.4) is 0 Å². The smallest absolute Gasteiger partial charge is 0.302 e. The van der Waals surface area contributed by atoms with Gasteiger partial charge in [-0.2, -0.15) is 0 Å². The highest BCUT2D eigenvalue weighted by molar-refractivity contribution is 14.1. The highest BCUT2D eigenvalue weighted by Gasteiger charge is 2.31. The molecule has 238 valence electrons. The van der Waals surface area contributed by atoms with Crippen molar-refractivity contribution < 1.29 is 23.1 Å². The lowest BCUT2D eigenvalue weighted by atomic mass is 9.89. The summed E-state index contributed by atoms with van der Waals surface area (Å²) < 4.78 is 34.3. The van der Waals surface area contributed by atoms with E-state index in [0.717, 1.165) is 38.4 Å². The van der Waals surface area contributed by atoms with Crippen molar-refractivity contribution in [2.75, 3.05) is 6.61 Å². The molecular weight excluding hydrogens is 743 g/mol. The fourth-order valence-corrected chi connectivity index (χ4v) is 9.12. The summed E-state index contributed by atoms with van der Waals surface area (Å²) in [5.41, 5.74) is 3.63. The minimum absolute atomic E-state index is 0.0441. The van der Waals surface area contributed by atoms with Crippen molar-refractivity contribution >= 4 is 80.0 Å². The Morgan fingerprint density at radius 2 is 1.36 bits per heavy atom. The average Bonchev–Trinajstić information content (AvgIpc) is 3.06. The van der Waals surface area contributed by atoms with E-state index < -0.39 is 9.84 Å². The summed E-state index contributed by atoms with van der Waals surface area (Å²) >= 11 is 8.92. The van der Waals surface area contributed by atoms with E-state index in [1.165, 1.54) is 6.92 Å². The van der Waals surface area contributed by atoms with Gasteiger partial charge in [0.2, 0.25) is 9.84 Å². The minimum atomic E-state index is -4.13. The van der Waals surface area contributed by atoms with Gasteiger partial charge in [0.25, 0.3) is 0 Å². The quantitative estimate of drug-likeness (QED) is 0.104. The summed E-state index contributed by atoms with van der Waals surface area (Å²) in [4.78, 5) is 10.0. The molecule has 0 atom stereocenters. The Kier molecular flexibility index (Phi) is 10.7. The lowest BCUT2D eigenvalue weighted by Crippen LogP contribution is -2.07. The van der Waals surface area contributed by atoms with E-state index in [4.69, 9.17) is 11.6 Å². The van der Waals surface area contributed by atoms with Crippen molar-refractivity contribution in [3.63, 3.8) is 0 Å². The zero-order valence-corrected chi connectivity index (χ0v) is 29.7. The third kappa shape index (κ3) is 7.07. The van der Waals surface area contributed by atoms with Crippen LogP contribution in [0.25, 0.3) is 41.2 Å². The Morgan fingerprint density at radius 3 is 1.98 bits per heavy atom. The van der Waals surface area contributed by atoms with Crippen LogP contribution in [0, 0.1) is 6.92 Å². The summed E-state index contributed by atoms with van der Waals surface area (Å²) in [6.07, 6.45) is 0. The molecule has 6 rings (SSSR count). The summed E-state index contributed by atoms with van der Waals surface area (Å²) in [5.74, 6) is -0.318. The van der Waals surface area contributed by atoms with Gasteiger partial charge >= 0.3 is 5.97 Å². The van der Waals surface area contributed by atoms with E-state index in [1.807, 2.05) is 79.7 Å². The van der Waals surface area contributed by atoms with Crippen LogP contribution in [0.1, 0.15) is 30.5 Å². The van der Waals surface area contributed by atoms with Gasteiger partial charge in [0.05, 0.1) is 16.4 Å². The molecule has 0 spiro atoms. The van der Waals surface area contributed by atoms with Crippen molar-refractivity contribution in [2.24, 2.45) is 0 Å². The Hall–Kier alpha value is -4.18. The molecule has 0 radical (unpaired) electrons. The monoisotopic (exact) mass is 774 g/mol. The fourth-order valence-electron chi connectivity index (χ4n) is 5.62. The zero-order valence-electron chi connectivity index (χ0n) is 26.0. The van der Waals surface area contributed by atoms with E-state index >= 15 is 0 Å². The van der Waals surface area contributed by atoms with E-state index in [0.29, 0.717) is 20.6 Å². The van der Waals surface area contributed by atoms with Crippen LogP contribution < -0.4 is 0 Å². The van der Waals surface area contributed by atoms with Gasteiger partial charge in [0, 0.05) is 32.2 Å². The number of fused-ring (bicyclic) bond motifs is 2. The second-order valence-corrected chi connectivity index (χ2v) is 14.1. The second kappa shape index (κ2) is 14.7. The molecule has 0 heterocycles. The average molecular weight is 775 g/mol. The largest absolute Gasteiger partial charge is 0.507 e. The van der Waals surface area contributed by atoms with Crippen molar-refractivity contribution in [3.8, 4) is 16.9 Å². The number of rotatable bonds is 6. The van der Waals surface area contributed by atoms with Crippen LogP contribution in [0.2, 0.25) is 5.02 Å². The molecule has 0 unspecified atom stereocenters. The van der Waals surface area contributed by atoms with E-state index in [2.05, 4.69) is 33.4 Å². The van der Waals surface area contributed by atoms with Crippen molar-refractivity contribution in [1.82, 2.24) is 0 Å². The number of phenolic OH excluding ortho intramolecular Hbond substituents is 1. The summed E-state index contributed by atoms with van der Waals surface area (Å²) in [6, 6.07) is 36.9. The molecule has 5 nitrogen and oxygen atoms in total. The number of aryl methyl sites for hydroxylation is 1. The van der Waals surface area contributed by atoms with Crippen LogP contribution >= 0.6 is 34.2 Å². The van der Waals surface area contributed by atoms with Crippen LogP contribution in [0.5, 0.6) is 5.75 Å².